The summed E-state index contributed by atoms with van der Waals surface area (Å²) in [5.74, 6) is -0.114. The lowest BCUT2D eigenvalue weighted by Crippen LogP contribution is -1.93. The molecule has 0 aliphatic rings. The third-order valence-corrected chi connectivity index (χ3v) is 1.69. The van der Waals surface area contributed by atoms with Crippen molar-refractivity contribution >= 4 is 0 Å². The van der Waals surface area contributed by atoms with Gasteiger partial charge in [-0.05, 0) is 12.8 Å². The summed E-state index contributed by atoms with van der Waals surface area (Å²) < 4.78 is 14.5. The Morgan fingerprint density at radius 3 is 2.55 bits per heavy atom. The van der Waals surface area contributed by atoms with E-state index in [4.69, 9.17) is 0 Å². The lowest BCUT2D eigenvalue weighted by Gasteiger charge is -1.97. The molecule has 0 fully saturated rings. The van der Waals surface area contributed by atoms with Gasteiger partial charge in [-0.15, -0.1) is 5.10 Å². The van der Waals surface area contributed by atoms with E-state index in [0.717, 1.165) is 6.54 Å². The van der Waals surface area contributed by atoms with Crippen LogP contribution in [0.5, 0.6) is 0 Å². The number of hydrogen-bond acceptors (Lipinski definition) is 1. The predicted octanol–water partition coefficient (Wildman–Crippen LogP) is 2.17. The first-order valence-corrected chi connectivity index (χ1v) is 3.88. The van der Waals surface area contributed by atoms with Gasteiger partial charge in [0.05, 0.1) is 0 Å². The minimum Gasteiger partial charge on any atom is -0.270 e. The number of aryl methyl sites for hydroxylation is 1. The predicted molar refractivity (Wildman–Crippen MR) is 41.9 cm³/mol. The van der Waals surface area contributed by atoms with Crippen LogP contribution < -0.4 is 0 Å². The maximum atomic E-state index is 12.9. The van der Waals surface area contributed by atoms with Crippen molar-refractivity contribution in [3.8, 4) is 0 Å². The van der Waals surface area contributed by atoms with E-state index >= 15 is 0 Å². The van der Waals surface area contributed by atoms with Crippen LogP contribution in [0.2, 0.25) is 0 Å². The van der Waals surface area contributed by atoms with Crippen molar-refractivity contribution in [2.75, 3.05) is 0 Å². The summed E-state index contributed by atoms with van der Waals surface area (Å²) >= 11 is 0. The molecular weight excluding hydrogens is 143 g/mol. The molecule has 0 atom stereocenters. The first kappa shape index (κ1) is 8.24. The fourth-order valence-electron chi connectivity index (χ4n) is 0.962. The van der Waals surface area contributed by atoms with E-state index in [1.807, 2.05) is 20.8 Å². The minimum atomic E-state index is -0.332. The van der Waals surface area contributed by atoms with Gasteiger partial charge >= 0.3 is 0 Å². The second-order valence-electron chi connectivity index (χ2n) is 2.89. The molecule has 62 valence electrons. The van der Waals surface area contributed by atoms with E-state index in [9.17, 15) is 4.39 Å². The molecule has 11 heavy (non-hydrogen) atoms. The van der Waals surface area contributed by atoms with Gasteiger partial charge in [-0.1, -0.05) is 13.8 Å². The highest BCUT2D eigenvalue weighted by Gasteiger charge is 2.10. The van der Waals surface area contributed by atoms with Crippen molar-refractivity contribution in [3.63, 3.8) is 0 Å². The zero-order valence-corrected chi connectivity index (χ0v) is 7.13. The summed E-state index contributed by atoms with van der Waals surface area (Å²) in [5, 5.41) is 3.70. The number of aromatic nitrogens is 2. The largest absolute Gasteiger partial charge is 0.270 e. The van der Waals surface area contributed by atoms with E-state index in [-0.39, 0.29) is 11.9 Å². The maximum Gasteiger partial charge on any atom is 0.236 e. The minimum absolute atomic E-state index is 0.218. The Morgan fingerprint density at radius 2 is 2.27 bits per heavy atom. The number of nitrogens with zero attached hydrogens (tertiary/aromatic N) is 2. The van der Waals surface area contributed by atoms with Crippen molar-refractivity contribution in [1.29, 1.82) is 0 Å². The zero-order valence-electron chi connectivity index (χ0n) is 7.13. The topological polar surface area (TPSA) is 17.8 Å². The molecule has 0 spiro atoms. The van der Waals surface area contributed by atoms with E-state index < -0.39 is 0 Å². The van der Waals surface area contributed by atoms with Crippen LogP contribution >= 0.6 is 0 Å². The molecule has 0 bridgehead atoms. The van der Waals surface area contributed by atoms with Gasteiger partial charge in [-0.3, -0.25) is 4.68 Å². The Balaban J connectivity index is 2.97. The first-order valence-electron chi connectivity index (χ1n) is 3.88. The van der Waals surface area contributed by atoms with Gasteiger partial charge in [0.2, 0.25) is 5.95 Å². The summed E-state index contributed by atoms with van der Waals surface area (Å²) in [6.45, 7) is 6.58. The van der Waals surface area contributed by atoms with Crippen LogP contribution in [0, 0.1) is 5.95 Å². The zero-order chi connectivity index (χ0) is 8.43. The van der Waals surface area contributed by atoms with Gasteiger partial charge < -0.3 is 0 Å². The summed E-state index contributed by atoms with van der Waals surface area (Å²) in [4.78, 5) is 0. The SMILES string of the molecule is CCn1cc(C(C)C)c(F)n1. The molecule has 0 unspecified atom stereocenters. The highest BCUT2D eigenvalue weighted by Crippen LogP contribution is 2.16. The molecular formula is C8H13FN2. The van der Waals surface area contributed by atoms with Crippen molar-refractivity contribution < 1.29 is 4.39 Å². The van der Waals surface area contributed by atoms with Crippen molar-refractivity contribution in [3.05, 3.63) is 17.7 Å². The van der Waals surface area contributed by atoms with Crippen LogP contribution in [-0.2, 0) is 6.54 Å². The maximum absolute atomic E-state index is 12.9. The molecule has 0 saturated carbocycles. The first-order chi connectivity index (χ1) is 5.15. The molecule has 1 heterocycles. The fraction of sp³-hybridized carbons (Fsp3) is 0.625. The Morgan fingerprint density at radius 1 is 1.64 bits per heavy atom. The molecule has 1 aromatic heterocycles. The standard InChI is InChI=1S/C8H13FN2/c1-4-11-5-7(6(2)3)8(9)10-11/h5-6H,4H2,1-3H3. The molecule has 3 heteroatoms. The Hall–Kier alpha value is -0.860. The van der Waals surface area contributed by atoms with E-state index in [1.165, 1.54) is 0 Å². The molecule has 0 aromatic carbocycles. The van der Waals surface area contributed by atoms with Gasteiger partial charge in [0.15, 0.2) is 0 Å². The van der Waals surface area contributed by atoms with E-state index in [0.29, 0.717) is 5.56 Å². The highest BCUT2D eigenvalue weighted by molar-refractivity contribution is 5.10. The monoisotopic (exact) mass is 156 g/mol. The average Bonchev–Trinajstić information content (AvgIpc) is 2.30. The van der Waals surface area contributed by atoms with Crippen LogP contribution in [0.1, 0.15) is 32.3 Å². The normalized spacial score (nSPS) is 11.0. The highest BCUT2D eigenvalue weighted by atomic mass is 19.1. The van der Waals surface area contributed by atoms with E-state index in [2.05, 4.69) is 5.10 Å². The van der Waals surface area contributed by atoms with Crippen LogP contribution in [0.4, 0.5) is 4.39 Å². The third kappa shape index (κ3) is 1.59. The van der Waals surface area contributed by atoms with Crippen LogP contribution in [0.15, 0.2) is 6.20 Å². The van der Waals surface area contributed by atoms with E-state index in [1.54, 1.807) is 10.9 Å². The van der Waals surface area contributed by atoms with Crippen LogP contribution in [0.3, 0.4) is 0 Å². The number of hydrogen-bond donors (Lipinski definition) is 0. The molecule has 0 N–H and O–H groups in total. The Bertz CT molecular complexity index is 240. The summed E-state index contributed by atoms with van der Waals surface area (Å²) in [5.41, 5.74) is 0.701. The summed E-state index contributed by atoms with van der Waals surface area (Å²) in [6.07, 6.45) is 1.76. The Kier molecular flexibility index (Phi) is 2.27. The smallest absolute Gasteiger partial charge is 0.236 e. The fourth-order valence-corrected chi connectivity index (χ4v) is 0.962. The van der Waals surface area contributed by atoms with Gasteiger partial charge in [0.1, 0.15) is 0 Å². The molecule has 2 nitrogen and oxygen atoms in total. The summed E-state index contributed by atoms with van der Waals surface area (Å²) in [7, 11) is 0. The molecule has 0 saturated heterocycles. The van der Waals surface area contributed by atoms with Gasteiger partial charge in [0.25, 0.3) is 0 Å². The van der Waals surface area contributed by atoms with Gasteiger partial charge in [0, 0.05) is 18.3 Å². The van der Waals surface area contributed by atoms with Crippen molar-refractivity contribution in [1.82, 2.24) is 9.78 Å². The van der Waals surface area contributed by atoms with Crippen LogP contribution in [-0.4, -0.2) is 9.78 Å². The third-order valence-electron chi connectivity index (χ3n) is 1.69. The molecule has 0 aliphatic carbocycles. The second-order valence-corrected chi connectivity index (χ2v) is 2.89. The molecule has 0 aliphatic heterocycles. The van der Waals surface area contributed by atoms with Gasteiger partial charge in [-0.25, -0.2) is 0 Å². The van der Waals surface area contributed by atoms with Crippen molar-refractivity contribution in [2.24, 2.45) is 0 Å². The van der Waals surface area contributed by atoms with Crippen molar-refractivity contribution in [2.45, 2.75) is 33.2 Å². The Labute approximate surface area is 66.0 Å². The van der Waals surface area contributed by atoms with Crippen LogP contribution in [0.25, 0.3) is 0 Å². The number of halogens is 1. The average molecular weight is 156 g/mol. The molecule has 1 aromatic rings. The quantitative estimate of drug-likeness (QED) is 0.641. The number of rotatable bonds is 2. The molecule has 0 amide bonds. The second kappa shape index (κ2) is 3.03. The molecule has 1 rings (SSSR count). The van der Waals surface area contributed by atoms with Gasteiger partial charge in [-0.2, -0.15) is 4.39 Å². The molecule has 0 radical (unpaired) electrons. The lowest BCUT2D eigenvalue weighted by atomic mass is 10.1. The lowest BCUT2D eigenvalue weighted by molar-refractivity contribution is 0.524. The summed E-state index contributed by atoms with van der Waals surface area (Å²) in [6, 6.07) is 0.